The molecule has 1 heterocycles. The number of hydrogen-bond donors (Lipinski definition) is 1. The first-order chi connectivity index (χ1) is 13.4. The zero-order chi connectivity index (χ0) is 20.7. The summed E-state index contributed by atoms with van der Waals surface area (Å²) in [5, 5.41) is 12.9. The smallest absolute Gasteiger partial charge is 0.319 e. The number of amides is 1. The second-order valence-electron chi connectivity index (χ2n) is 5.67. The van der Waals surface area contributed by atoms with Gasteiger partial charge in [0.05, 0.1) is 35.6 Å². The van der Waals surface area contributed by atoms with Gasteiger partial charge in [0.1, 0.15) is 5.92 Å². The predicted octanol–water partition coefficient (Wildman–Crippen LogP) is 2.76. The van der Waals surface area contributed by atoms with E-state index in [2.05, 4.69) is 11.4 Å². The Morgan fingerprint density at radius 3 is 2.54 bits per heavy atom. The van der Waals surface area contributed by atoms with Gasteiger partial charge < -0.3 is 14.8 Å². The van der Waals surface area contributed by atoms with Crippen molar-refractivity contribution >= 4 is 41.2 Å². The summed E-state index contributed by atoms with van der Waals surface area (Å²) in [6.45, 7) is 3.63. The number of benzene rings is 1. The summed E-state index contributed by atoms with van der Waals surface area (Å²) in [5.74, 6) is -4.11. The Bertz CT molecular complexity index is 849. The number of nitrogens with zero attached hydrogens (tertiary/aromatic N) is 1. The molecule has 1 aromatic rings. The average molecular weight is 423 g/mol. The minimum Gasteiger partial charge on any atom is -0.465 e. The van der Waals surface area contributed by atoms with Gasteiger partial charge in [-0.25, -0.2) is 0 Å². The maximum atomic E-state index is 12.7. The fourth-order valence-corrected chi connectivity index (χ4v) is 3.92. The second-order valence-corrected chi connectivity index (χ2v) is 7.06. The number of halogens is 1. The summed E-state index contributed by atoms with van der Waals surface area (Å²) in [6.07, 6.45) is 0. The zero-order valence-electron chi connectivity index (χ0n) is 15.4. The van der Waals surface area contributed by atoms with Crippen molar-refractivity contribution in [3.63, 3.8) is 0 Å². The Balaban J connectivity index is 2.51. The van der Waals surface area contributed by atoms with Gasteiger partial charge in [-0.15, -0.1) is 0 Å². The van der Waals surface area contributed by atoms with Gasteiger partial charge in [-0.05, 0) is 25.5 Å². The lowest BCUT2D eigenvalue weighted by molar-refractivity contribution is -0.153. The highest BCUT2D eigenvalue weighted by atomic mass is 35.5. The molecular formula is C19H19ClN2O5S. The molecule has 1 N–H and O–H groups in total. The van der Waals surface area contributed by atoms with Crippen LogP contribution in [0.25, 0.3) is 0 Å². The number of ether oxygens (including phenoxy) is 2. The van der Waals surface area contributed by atoms with E-state index in [1.807, 2.05) is 0 Å². The number of rotatable bonds is 7. The molecular weight excluding hydrogens is 404 g/mol. The Kier molecular flexibility index (Phi) is 7.91. The normalized spacial score (nSPS) is 18.9. The zero-order valence-corrected chi connectivity index (χ0v) is 16.9. The van der Waals surface area contributed by atoms with Crippen LogP contribution in [0.3, 0.4) is 0 Å². The predicted molar refractivity (Wildman–Crippen MR) is 104 cm³/mol. The lowest BCUT2D eigenvalue weighted by Gasteiger charge is -2.31. The van der Waals surface area contributed by atoms with Crippen LogP contribution in [0.5, 0.6) is 0 Å². The molecule has 0 aliphatic carbocycles. The van der Waals surface area contributed by atoms with E-state index in [0.717, 1.165) is 11.8 Å². The van der Waals surface area contributed by atoms with Crippen LogP contribution in [0.4, 0.5) is 0 Å². The van der Waals surface area contributed by atoms with E-state index in [1.165, 1.54) is 0 Å². The SMILES string of the molecule is CCOC(=O)CSC1=C(C#N)[C@@H](c2ccccc2Cl)[C@@H](C(=O)OCC)C(=O)N1. The maximum absolute atomic E-state index is 12.7. The third-order valence-corrected chi connectivity index (χ3v) is 5.28. The van der Waals surface area contributed by atoms with Crippen molar-refractivity contribution in [1.82, 2.24) is 5.32 Å². The minimum atomic E-state index is -1.26. The summed E-state index contributed by atoms with van der Waals surface area (Å²) in [4.78, 5) is 36.9. The van der Waals surface area contributed by atoms with Gasteiger partial charge >= 0.3 is 11.9 Å². The van der Waals surface area contributed by atoms with Gasteiger partial charge in [0, 0.05) is 10.9 Å². The van der Waals surface area contributed by atoms with Crippen LogP contribution >= 0.6 is 23.4 Å². The molecule has 7 nitrogen and oxygen atoms in total. The lowest BCUT2D eigenvalue weighted by atomic mass is 9.78. The lowest BCUT2D eigenvalue weighted by Crippen LogP contribution is -2.44. The van der Waals surface area contributed by atoms with Crippen molar-refractivity contribution in [1.29, 1.82) is 5.26 Å². The quantitative estimate of drug-likeness (QED) is 0.532. The molecule has 0 spiro atoms. The van der Waals surface area contributed by atoms with E-state index in [4.69, 9.17) is 21.1 Å². The first-order valence-corrected chi connectivity index (χ1v) is 9.95. The van der Waals surface area contributed by atoms with Gasteiger partial charge in [0.25, 0.3) is 0 Å². The number of carbonyl (C=O) groups is 3. The summed E-state index contributed by atoms with van der Waals surface area (Å²) < 4.78 is 9.92. The van der Waals surface area contributed by atoms with E-state index in [0.29, 0.717) is 10.6 Å². The minimum absolute atomic E-state index is 0.0893. The molecule has 9 heteroatoms. The average Bonchev–Trinajstić information content (AvgIpc) is 2.66. The van der Waals surface area contributed by atoms with E-state index < -0.39 is 29.7 Å². The summed E-state index contributed by atoms with van der Waals surface area (Å²) in [6, 6.07) is 8.74. The Morgan fingerprint density at radius 2 is 1.93 bits per heavy atom. The highest BCUT2D eigenvalue weighted by Gasteiger charge is 2.45. The van der Waals surface area contributed by atoms with E-state index in [9.17, 15) is 19.6 Å². The van der Waals surface area contributed by atoms with Crippen molar-refractivity contribution in [2.24, 2.45) is 5.92 Å². The summed E-state index contributed by atoms with van der Waals surface area (Å²) in [7, 11) is 0. The molecule has 0 bridgehead atoms. The molecule has 0 unspecified atom stereocenters. The van der Waals surface area contributed by atoms with E-state index in [-0.39, 0.29) is 29.6 Å². The van der Waals surface area contributed by atoms with E-state index in [1.54, 1.807) is 38.1 Å². The van der Waals surface area contributed by atoms with Crippen molar-refractivity contribution in [3.05, 3.63) is 45.5 Å². The molecule has 0 radical (unpaired) electrons. The number of nitriles is 1. The molecule has 2 atom stereocenters. The van der Waals surface area contributed by atoms with Crippen LogP contribution in [0.15, 0.2) is 34.9 Å². The van der Waals surface area contributed by atoms with Crippen molar-refractivity contribution in [3.8, 4) is 6.07 Å². The molecule has 148 valence electrons. The maximum Gasteiger partial charge on any atom is 0.319 e. The van der Waals surface area contributed by atoms with Crippen LogP contribution in [0.1, 0.15) is 25.3 Å². The molecule has 0 fully saturated rings. The monoisotopic (exact) mass is 422 g/mol. The third kappa shape index (κ3) is 4.86. The molecule has 1 amide bonds. The second kappa shape index (κ2) is 10.2. The Hall–Kier alpha value is -2.50. The molecule has 1 aliphatic rings. The molecule has 0 saturated carbocycles. The third-order valence-electron chi connectivity index (χ3n) is 3.95. The van der Waals surface area contributed by atoms with Gasteiger partial charge in [-0.3, -0.25) is 14.4 Å². The molecule has 0 saturated heterocycles. The van der Waals surface area contributed by atoms with Crippen LogP contribution in [-0.4, -0.2) is 36.8 Å². The van der Waals surface area contributed by atoms with Crippen LogP contribution in [0.2, 0.25) is 5.02 Å². The number of thioether (sulfide) groups is 1. The van der Waals surface area contributed by atoms with Crippen LogP contribution < -0.4 is 5.32 Å². The Labute approximate surface area is 172 Å². The topological polar surface area (TPSA) is 105 Å². The van der Waals surface area contributed by atoms with Gasteiger partial charge in [-0.2, -0.15) is 5.26 Å². The van der Waals surface area contributed by atoms with Gasteiger partial charge in [0.15, 0.2) is 0 Å². The van der Waals surface area contributed by atoms with Gasteiger partial charge in [0.2, 0.25) is 5.91 Å². The molecule has 2 rings (SSSR count). The first-order valence-electron chi connectivity index (χ1n) is 8.59. The standard InChI is InChI=1S/C19H19ClN2O5S/c1-3-26-14(23)10-28-18-12(9-21)15(11-7-5-6-8-13(11)20)16(17(24)22-18)19(25)27-4-2/h5-8,15-16H,3-4,10H2,1-2H3,(H,22,24)/t15-,16-/m1/s1. The molecule has 1 aliphatic heterocycles. The largest absolute Gasteiger partial charge is 0.465 e. The van der Waals surface area contributed by atoms with Crippen molar-refractivity contribution in [2.75, 3.05) is 19.0 Å². The molecule has 1 aromatic carbocycles. The van der Waals surface area contributed by atoms with E-state index >= 15 is 0 Å². The van der Waals surface area contributed by atoms with Crippen molar-refractivity contribution in [2.45, 2.75) is 19.8 Å². The van der Waals surface area contributed by atoms with Crippen LogP contribution in [-0.2, 0) is 23.9 Å². The van der Waals surface area contributed by atoms with Crippen LogP contribution in [0, 0.1) is 17.2 Å². The molecule has 28 heavy (non-hydrogen) atoms. The number of esters is 2. The fraction of sp³-hybridized carbons (Fsp3) is 0.368. The highest BCUT2D eigenvalue weighted by Crippen LogP contribution is 2.42. The highest BCUT2D eigenvalue weighted by molar-refractivity contribution is 8.03. The Morgan fingerprint density at radius 1 is 1.25 bits per heavy atom. The number of allylic oxidation sites excluding steroid dienone is 1. The van der Waals surface area contributed by atoms with Gasteiger partial charge in [-0.1, -0.05) is 41.6 Å². The first kappa shape index (κ1) is 21.8. The summed E-state index contributed by atoms with van der Waals surface area (Å²) >= 11 is 7.26. The summed E-state index contributed by atoms with van der Waals surface area (Å²) in [5.41, 5.74) is 0.600. The number of nitrogens with one attached hydrogen (secondary N) is 1. The van der Waals surface area contributed by atoms with Crippen molar-refractivity contribution < 1.29 is 23.9 Å². The fourth-order valence-electron chi connectivity index (χ4n) is 2.82. The number of carbonyl (C=O) groups excluding carboxylic acids is 3. The molecule has 0 aromatic heterocycles. The number of hydrogen-bond acceptors (Lipinski definition) is 7.